The molecule has 0 spiro atoms. The Labute approximate surface area is 111 Å². The highest BCUT2D eigenvalue weighted by Crippen LogP contribution is 2.48. The maximum atomic E-state index is 11.7. The van der Waals surface area contributed by atoms with E-state index < -0.39 is 0 Å². The normalized spacial score (nSPS) is 39.4. The van der Waals surface area contributed by atoms with E-state index in [4.69, 9.17) is 4.74 Å². The molecule has 2 atom stereocenters. The van der Waals surface area contributed by atoms with Gasteiger partial charge in [0.25, 0.3) is 0 Å². The molecule has 2 heteroatoms. The summed E-state index contributed by atoms with van der Waals surface area (Å²) in [4.78, 5) is 11.7. The van der Waals surface area contributed by atoms with Gasteiger partial charge in [-0.15, -0.1) is 0 Å². The first-order valence-electron chi connectivity index (χ1n) is 7.76. The molecule has 2 fully saturated rings. The topological polar surface area (TPSA) is 26.3 Å². The van der Waals surface area contributed by atoms with Crippen LogP contribution in [0.1, 0.15) is 72.1 Å². The summed E-state index contributed by atoms with van der Waals surface area (Å²) < 4.78 is 5.79. The van der Waals surface area contributed by atoms with E-state index in [1.807, 2.05) is 6.92 Å². The third-order valence-electron chi connectivity index (χ3n) is 4.83. The van der Waals surface area contributed by atoms with Crippen LogP contribution in [0.5, 0.6) is 0 Å². The molecule has 2 saturated carbocycles. The zero-order valence-corrected chi connectivity index (χ0v) is 12.2. The van der Waals surface area contributed by atoms with E-state index in [0.717, 1.165) is 37.0 Å². The van der Waals surface area contributed by atoms with Crippen LogP contribution in [0.2, 0.25) is 0 Å². The van der Waals surface area contributed by atoms with Gasteiger partial charge in [-0.1, -0.05) is 20.3 Å². The molecule has 2 unspecified atom stereocenters. The molecule has 0 radical (unpaired) electrons. The average molecular weight is 252 g/mol. The molecule has 0 aliphatic heterocycles. The lowest BCUT2D eigenvalue weighted by molar-refractivity contribution is -0.167. The molecule has 0 heterocycles. The van der Waals surface area contributed by atoms with Crippen LogP contribution in [0.4, 0.5) is 0 Å². The Bertz CT molecular complexity index is 283. The summed E-state index contributed by atoms with van der Waals surface area (Å²) in [6.07, 6.45) is 9.05. The summed E-state index contributed by atoms with van der Waals surface area (Å²) in [7, 11) is 0. The van der Waals surface area contributed by atoms with Crippen molar-refractivity contribution in [3.05, 3.63) is 0 Å². The number of fused-ring (bicyclic) bond motifs is 2. The van der Waals surface area contributed by atoms with Crippen molar-refractivity contribution in [3.8, 4) is 0 Å². The second-order valence-corrected chi connectivity index (χ2v) is 6.80. The highest BCUT2D eigenvalue weighted by molar-refractivity contribution is 5.69. The van der Waals surface area contributed by atoms with Crippen LogP contribution in [0.3, 0.4) is 0 Å². The van der Waals surface area contributed by atoms with Crippen molar-refractivity contribution in [1.29, 1.82) is 0 Å². The van der Waals surface area contributed by atoms with Crippen molar-refractivity contribution in [2.75, 3.05) is 0 Å². The monoisotopic (exact) mass is 252 g/mol. The van der Waals surface area contributed by atoms with Gasteiger partial charge in [0.05, 0.1) is 0 Å². The molecular weight excluding hydrogens is 224 g/mol. The highest BCUT2D eigenvalue weighted by Gasteiger charge is 2.43. The van der Waals surface area contributed by atoms with Gasteiger partial charge in [-0.3, -0.25) is 4.79 Å². The first-order chi connectivity index (χ1) is 8.54. The van der Waals surface area contributed by atoms with Crippen molar-refractivity contribution >= 4 is 5.97 Å². The largest absolute Gasteiger partial charge is 0.459 e. The van der Waals surface area contributed by atoms with Crippen LogP contribution >= 0.6 is 0 Å². The second kappa shape index (κ2) is 5.63. The summed E-state index contributed by atoms with van der Waals surface area (Å²) >= 11 is 0. The molecule has 0 amide bonds. The van der Waals surface area contributed by atoms with Crippen LogP contribution in [0.25, 0.3) is 0 Å². The molecule has 18 heavy (non-hydrogen) atoms. The zero-order chi connectivity index (χ0) is 13.2. The average Bonchev–Trinajstić information content (AvgIpc) is 2.26. The standard InChI is InChI=1S/C16H28O2/c1-4-6-15(17)18-16(3)10-13-7-12(5-2)8-14(9-13)11-16/h12-14H,4-11H2,1-3H3. The fourth-order valence-corrected chi connectivity index (χ4v) is 4.29. The molecule has 2 aliphatic rings. The minimum atomic E-state index is -0.168. The van der Waals surface area contributed by atoms with E-state index in [9.17, 15) is 4.79 Å². The predicted molar refractivity (Wildman–Crippen MR) is 73.3 cm³/mol. The third-order valence-corrected chi connectivity index (χ3v) is 4.83. The Morgan fingerprint density at radius 3 is 2.28 bits per heavy atom. The fourth-order valence-electron chi connectivity index (χ4n) is 4.29. The second-order valence-electron chi connectivity index (χ2n) is 6.80. The fraction of sp³-hybridized carbons (Fsp3) is 0.938. The Hall–Kier alpha value is -0.530. The van der Waals surface area contributed by atoms with E-state index >= 15 is 0 Å². The number of carbonyl (C=O) groups excluding carboxylic acids is 1. The molecule has 0 N–H and O–H groups in total. The molecule has 2 aliphatic carbocycles. The molecule has 0 aromatic rings. The van der Waals surface area contributed by atoms with Gasteiger partial charge in [-0.25, -0.2) is 0 Å². The minimum absolute atomic E-state index is 0.00650. The van der Waals surface area contributed by atoms with Gasteiger partial charge in [0.1, 0.15) is 5.60 Å². The summed E-state index contributed by atoms with van der Waals surface area (Å²) in [5.41, 5.74) is -0.168. The van der Waals surface area contributed by atoms with Gasteiger partial charge in [-0.2, -0.15) is 0 Å². The SMILES string of the molecule is CCCC(=O)OC1(C)CC2CC(CC)CC(C2)C1. The number of hydrogen-bond donors (Lipinski definition) is 0. The van der Waals surface area contributed by atoms with Crippen LogP contribution in [0.15, 0.2) is 0 Å². The lowest BCUT2D eigenvalue weighted by atomic mass is 9.63. The van der Waals surface area contributed by atoms with Crippen molar-refractivity contribution in [2.24, 2.45) is 17.8 Å². The van der Waals surface area contributed by atoms with Crippen molar-refractivity contribution in [1.82, 2.24) is 0 Å². The van der Waals surface area contributed by atoms with Crippen molar-refractivity contribution < 1.29 is 9.53 Å². The molecule has 2 rings (SSSR count). The number of carbonyl (C=O) groups is 1. The number of esters is 1. The first-order valence-corrected chi connectivity index (χ1v) is 7.76. The predicted octanol–water partition coefficient (Wildman–Crippen LogP) is 4.32. The molecule has 0 aromatic carbocycles. The minimum Gasteiger partial charge on any atom is -0.459 e. The summed E-state index contributed by atoms with van der Waals surface area (Å²) in [6, 6.07) is 0. The van der Waals surface area contributed by atoms with E-state index in [1.54, 1.807) is 0 Å². The van der Waals surface area contributed by atoms with Gasteiger partial charge >= 0.3 is 5.97 Å². The molecule has 2 bridgehead atoms. The number of rotatable bonds is 4. The quantitative estimate of drug-likeness (QED) is 0.696. The third kappa shape index (κ3) is 3.27. The maximum Gasteiger partial charge on any atom is 0.306 e. The summed E-state index contributed by atoms with van der Waals surface area (Å²) in [6.45, 7) is 6.50. The van der Waals surface area contributed by atoms with Crippen LogP contribution in [-0.4, -0.2) is 11.6 Å². The molecule has 104 valence electrons. The van der Waals surface area contributed by atoms with Gasteiger partial charge in [0.2, 0.25) is 0 Å². The van der Waals surface area contributed by atoms with Gasteiger partial charge in [0, 0.05) is 6.42 Å². The highest BCUT2D eigenvalue weighted by atomic mass is 16.6. The van der Waals surface area contributed by atoms with Crippen molar-refractivity contribution in [3.63, 3.8) is 0 Å². The number of ether oxygens (including phenoxy) is 1. The smallest absolute Gasteiger partial charge is 0.306 e. The van der Waals surface area contributed by atoms with Gasteiger partial charge < -0.3 is 4.74 Å². The van der Waals surface area contributed by atoms with E-state index in [2.05, 4.69) is 13.8 Å². The van der Waals surface area contributed by atoms with E-state index in [0.29, 0.717) is 6.42 Å². The van der Waals surface area contributed by atoms with Crippen LogP contribution < -0.4 is 0 Å². The molecular formula is C16H28O2. The summed E-state index contributed by atoms with van der Waals surface area (Å²) in [5, 5.41) is 0. The van der Waals surface area contributed by atoms with E-state index in [-0.39, 0.29) is 11.6 Å². The maximum absolute atomic E-state index is 11.7. The molecule has 2 nitrogen and oxygen atoms in total. The van der Waals surface area contributed by atoms with E-state index in [1.165, 1.54) is 25.7 Å². The van der Waals surface area contributed by atoms with Crippen LogP contribution in [0, 0.1) is 17.8 Å². The lowest BCUT2D eigenvalue weighted by Crippen LogP contribution is -2.43. The van der Waals surface area contributed by atoms with Gasteiger partial charge in [-0.05, 0) is 63.2 Å². The van der Waals surface area contributed by atoms with Crippen molar-refractivity contribution in [2.45, 2.75) is 77.7 Å². The Balaban J connectivity index is 1.94. The molecule has 0 saturated heterocycles. The lowest BCUT2D eigenvalue weighted by Gasteiger charge is -2.47. The van der Waals surface area contributed by atoms with Crippen LogP contribution in [-0.2, 0) is 9.53 Å². The zero-order valence-electron chi connectivity index (χ0n) is 12.2. The Morgan fingerprint density at radius 1 is 1.17 bits per heavy atom. The number of hydrogen-bond acceptors (Lipinski definition) is 2. The molecule has 0 aromatic heterocycles. The first kappa shape index (κ1) is 13.9. The Kier molecular flexibility index (Phi) is 4.34. The van der Waals surface area contributed by atoms with Gasteiger partial charge in [0.15, 0.2) is 0 Å². The summed E-state index contributed by atoms with van der Waals surface area (Å²) in [5.74, 6) is 2.51. The Morgan fingerprint density at radius 2 is 1.78 bits per heavy atom.